The maximum absolute atomic E-state index is 8.88. The molecule has 0 heterocycles. The fourth-order valence-electron chi connectivity index (χ4n) is 2.03. The summed E-state index contributed by atoms with van der Waals surface area (Å²) in [4.78, 5) is 21.6. The van der Waals surface area contributed by atoms with E-state index < -0.39 is 7.82 Å². The van der Waals surface area contributed by atoms with Gasteiger partial charge in [-0.1, -0.05) is 71.1 Å². The van der Waals surface area contributed by atoms with Crippen LogP contribution in [0.15, 0.2) is 0 Å². The van der Waals surface area contributed by atoms with Gasteiger partial charge in [-0.2, -0.15) is 0 Å². The van der Waals surface area contributed by atoms with Gasteiger partial charge in [-0.25, -0.2) is 4.57 Å². The average Bonchev–Trinajstić information content (AvgIpc) is 2.42. The van der Waals surface area contributed by atoms with Crippen molar-refractivity contribution in [3.05, 3.63) is 0 Å². The first-order chi connectivity index (χ1) is 10.4. The molecule has 0 aliphatic heterocycles. The molecule has 0 spiro atoms. The maximum Gasteiger partial charge on any atom is 0.466 e. The molecule has 0 rings (SSSR count). The highest BCUT2D eigenvalue weighted by Gasteiger charge is 2.00. The highest BCUT2D eigenvalue weighted by Crippen LogP contribution is 2.25. The van der Waals surface area contributed by atoms with Gasteiger partial charge >= 0.3 is 7.82 Å². The SMILES string of the molecule is CCCCCCCCCCCCCOCCO.O=P(O)(O)O. The van der Waals surface area contributed by atoms with Crippen LogP contribution in [0.25, 0.3) is 0 Å². The molecule has 0 aliphatic rings. The monoisotopic (exact) mass is 342 g/mol. The predicted molar refractivity (Wildman–Crippen MR) is 88.6 cm³/mol. The van der Waals surface area contributed by atoms with E-state index in [-0.39, 0.29) is 6.61 Å². The Bertz CT molecular complexity index is 222. The average molecular weight is 342 g/mol. The van der Waals surface area contributed by atoms with Crippen LogP contribution in [0.2, 0.25) is 0 Å². The Balaban J connectivity index is 0. The van der Waals surface area contributed by atoms with Crippen molar-refractivity contribution in [2.24, 2.45) is 0 Å². The van der Waals surface area contributed by atoms with Gasteiger partial charge in [0.25, 0.3) is 0 Å². The minimum atomic E-state index is -4.64. The quantitative estimate of drug-likeness (QED) is 0.285. The first-order valence-corrected chi connectivity index (χ1v) is 9.95. The fourth-order valence-corrected chi connectivity index (χ4v) is 2.03. The van der Waals surface area contributed by atoms with Crippen molar-refractivity contribution in [3.8, 4) is 0 Å². The van der Waals surface area contributed by atoms with Crippen molar-refractivity contribution in [3.63, 3.8) is 0 Å². The number of unbranched alkanes of at least 4 members (excludes halogenated alkanes) is 10. The minimum Gasteiger partial charge on any atom is -0.394 e. The highest BCUT2D eigenvalue weighted by molar-refractivity contribution is 7.45. The largest absolute Gasteiger partial charge is 0.466 e. The first-order valence-electron chi connectivity index (χ1n) is 8.38. The van der Waals surface area contributed by atoms with Crippen LogP contribution in [-0.4, -0.2) is 39.6 Å². The third-order valence-electron chi connectivity index (χ3n) is 3.13. The third kappa shape index (κ3) is 36.9. The van der Waals surface area contributed by atoms with E-state index in [2.05, 4.69) is 6.92 Å². The molecule has 0 aromatic heterocycles. The van der Waals surface area contributed by atoms with Gasteiger partial charge in [-0.15, -0.1) is 0 Å². The third-order valence-corrected chi connectivity index (χ3v) is 3.13. The van der Waals surface area contributed by atoms with Crippen molar-refractivity contribution >= 4 is 7.82 Å². The summed E-state index contributed by atoms with van der Waals surface area (Å²) in [6.45, 7) is 3.73. The summed E-state index contributed by atoms with van der Waals surface area (Å²) >= 11 is 0. The molecule has 0 saturated heterocycles. The van der Waals surface area contributed by atoms with E-state index in [4.69, 9.17) is 29.1 Å². The van der Waals surface area contributed by atoms with Crippen molar-refractivity contribution in [1.29, 1.82) is 0 Å². The zero-order valence-corrected chi connectivity index (χ0v) is 14.8. The second-order valence-corrected chi connectivity index (χ2v) is 6.41. The summed E-state index contributed by atoms with van der Waals surface area (Å²) in [7, 11) is -4.64. The van der Waals surface area contributed by atoms with Gasteiger partial charge in [0.05, 0.1) is 13.2 Å². The Kier molecular flexibility index (Phi) is 21.1. The predicted octanol–water partition coefficient (Wildman–Crippen LogP) is 3.38. The van der Waals surface area contributed by atoms with Crippen LogP contribution in [-0.2, 0) is 9.30 Å². The van der Waals surface area contributed by atoms with E-state index in [9.17, 15) is 0 Å². The van der Waals surface area contributed by atoms with E-state index >= 15 is 0 Å². The molecule has 0 aromatic rings. The van der Waals surface area contributed by atoms with Crippen LogP contribution in [0, 0.1) is 0 Å². The van der Waals surface area contributed by atoms with Crippen LogP contribution in [0.4, 0.5) is 0 Å². The van der Waals surface area contributed by atoms with Gasteiger partial charge in [0.1, 0.15) is 0 Å². The Morgan fingerprint density at radius 2 is 1.09 bits per heavy atom. The van der Waals surface area contributed by atoms with Crippen molar-refractivity contribution in [1.82, 2.24) is 0 Å². The molecule has 0 fully saturated rings. The Morgan fingerprint density at radius 3 is 1.45 bits per heavy atom. The molecule has 6 nitrogen and oxygen atoms in total. The zero-order chi connectivity index (χ0) is 17.1. The van der Waals surface area contributed by atoms with E-state index in [1.807, 2.05) is 0 Å². The summed E-state index contributed by atoms with van der Waals surface area (Å²) in [5.74, 6) is 0. The molecular weight excluding hydrogens is 307 g/mol. The van der Waals surface area contributed by atoms with Crippen LogP contribution < -0.4 is 0 Å². The summed E-state index contributed by atoms with van der Waals surface area (Å²) in [5, 5.41) is 8.52. The van der Waals surface area contributed by atoms with Crippen LogP contribution in [0.5, 0.6) is 0 Å². The molecule has 7 heteroatoms. The minimum absolute atomic E-state index is 0.151. The fraction of sp³-hybridized carbons (Fsp3) is 1.00. The molecular formula is C15H35O6P. The van der Waals surface area contributed by atoms with Crippen molar-refractivity contribution < 1.29 is 29.1 Å². The molecule has 0 amide bonds. The molecule has 136 valence electrons. The van der Waals surface area contributed by atoms with Gasteiger partial charge in [0.15, 0.2) is 0 Å². The van der Waals surface area contributed by atoms with Crippen molar-refractivity contribution in [2.45, 2.75) is 77.6 Å². The lowest BCUT2D eigenvalue weighted by molar-refractivity contribution is 0.0895. The Labute approximate surface area is 135 Å². The van der Waals surface area contributed by atoms with Gasteiger partial charge < -0.3 is 24.5 Å². The molecule has 0 bridgehead atoms. The number of hydrogen-bond acceptors (Lipinski definition) is 3. The molecule has 0 saturated carbocycles. The maximum atomic E-state index is 8.88. The van der Waals surface area contributed by atoms with Gasteiger partial charge in [-0.05, 0) is 6.42 Å². The van der Waals surface area contributed by atoms with Crippen LogP contribution in [0.1, 0.15) is 77.6 Å². The van der Waals surface area contributed by atoms with E-state index in [1.54, 1.807) is 0 Å². The highest BCUT2D eigenvalue weighted by atomic mass is 31.2. The number of rotatable bonds is 14. The molecule has 0 aliphatic carbocycles. The molecule has 0 radical (unpaired) electrons. The van der Waals surface area contributed by atoms with Crippen LogP contribution in [0.3, 0.4) is 0 Å². The topological polar surface area (TPSA) is 107 Å². The summed E-state index contributed by atoms with van der Waals surface area (Å²) < 4.78 is 14.1. The van der Waals surface area contributed by atoms with Gasteiger partial charge in [0.2, 0.25) is 0 Å². The normalized spacial score (nSPS) is 11.1. The standard InChI is InChI=1S/C15H32O2.H3O4P/c1-2-3-4-5-6-7-8-9-10-11-12-14-17-15-13-16;1-5(2,3)4/h16H,2-15H2,1H3;(H3,1,2,3,4). The molecule has 0 aromatic carbocycles. The molecule has 22 heavy (non-hydrogen) atoms. The summed E-state index contributed by atoms with van der Waals surface area (Å²) in [5.41, 5.74) is 0. The van der Waals surface area contributed by atoms with Crippen LogP contribution >= 0.6 is 7.82 Å². The molecule has 0 unspecified atom stereocenters. The second kappa shape index (κ2) is 19.1. The lowest BCUT2D eigenvalue weighted by atomic mass is 10.1. The lowest BCUT2D eigenvalue weighted by Crippen LogP contribution is -2.00. The molecule has 0 atom stereocenters. The lowest BCUT2D eigenvalue weighted by Gasteiger charge is -2.03. The van der Waals surface area contributed by atoms with E-state index in [0.29, 0.717) is 6.61 Å². The second-order valence-electron chi connectivity index (χ2n) is 5.38. The smallest absolute Gasteiger partial charge is 0.394 e. The van der Waals surface area contributed by atoms with E-state index in [0.717, 1.165) is 13.0 Å². The number of ether oxygens (including phenoxy) is 1. The Hall–Kier alpha value is 0.0300. The van der Waals surface area contributed by atoms with Gasteiger partial charge in [-0.3, -0.25) is 0 Å². The number of hydrogen-bond donors (Lipinski definition) is 4. The first kappa shape index (κ1) is 24.3. The number of aliphatic hydroxyl groups excluding tert-OH is 1. The summed E-state index contributed by atoms with van der Waals surface area (Å²) in [6.07, 6.45) is 15.0. The molecule has 4 N–H and O–H groups in total. The number of phosphoric acid groups is 1. The Morgan fingerprint density at radius 1 is 0.727 bits per heavy atom. The van der Waals surface area contributed by atoms with Crippen molar-refractivity contribution in [2.75, 3.05) is 19.8 Å². The van der Waals surface area contributed by atoms with Gasteiger partial charge in [0, 0.05) is 6.61 Å². The zero-order valence-electron chi connectivity index (χ0n) is 14.0. The van der Waals surface area contributed by atoms with E-state index in [1.165, 1.54) is 64.2 Å². The summed E-state index contributed by atoms with van der Waals surface area (Å²) in [6, 6.07) is 0. The number of aliphatic hydroxyl groups is 1.